The van der Waals surface area contributed by atoms with Crippen LogP contribution in [0.4, 0.5) is 4.39 Å². The molecular formula is C18H19Cl2FO3S. The first-order chi connectivity index (χ1) is 11.8. The van der Waals surface area contributed by atoms with E-state index in [2.05, 4.69) is 0 Å². The number of benzene rings is 1. The van der Waals surface area contributed by atoms with E-state index in [0.29, 0.717) is 33.2 Å². The molecule has 1 aromatic heterocycles. The Morgan fingerprint density at radius 2 is 2.00 bits per heavy atom. The number of carboxylic acid groups (broad SMARTS) is 1. The van der Waals surface area contributed by atoms with Gasteiger partial charge in [-0.05, 0) is 26.0 Å². The molecule has 0 fully saturated rings. The van der Waals surface area contributed by atoms with Crippen LogP contribution in [0.5, 0.6) is 0 Å². The van der Waals surface area contributed by atoms with E-state index in [9.17, 15) is 14.3 Å². The molecule has 0 saturated heterocycles. The Kier molecular flexibility index (Phi) is 6.86. The average molecular weight is 405 g/mol. The number of hydrogen-bond donors (Lipinski definition) is 1. The summed E-state index contributed by atoms with van der Waals surface area (Å²) in [6, 6.07) is 5.02. The lowest BCUT2D eigenvalue weighted by atomic mass is 9.96. The molecule has 25 heavy (non-hydrogen) atoms. The summed E-state index contributed by atoms with van der Waals surface area (Å²) < 4.78 is 19.2. The molecular weight excluding hydrogens is 386 g/mol. The van der Waals surface area contributed by atoms with Gasteiger partial charge in [-0.1, -0.05) is 42.6 Å². The molecule has 1 heterocycles. The second-order valence-corrected chi connectivity index (χ2v) is 7.95. The highest BCUT2D eigenvalue weighted by Crippen LogP contribution is 2.44. The van der Waals surface area contributed by atoms with Crippen LogP contribution in [-0.2, 0) is 9.53 Å². The van der Waals surface area contributed by atoms with E-state index in [0.717, 1.165) is 9.75 Å². The third-order valence-electron chi connectivity index (χ3n) is 3.79. The minimum atomic E-state index is -1.64. The Hall–Kier alpha value is -1.14. The fourth-order valence-electron chi connectivity index (χ4n) is 2.74. The zero-order chi connectivity index (χ0) is 18.7. The zero-order valence-corrected chi connectivity index (χ0v) is 16.4. The summed E-state index contributed by atoms with van der Waals surface area (Å²) in [4.78, 5) is 13.4. The number of hydrogen-bond acceptors (Lipinski definition) is 3. The van der Waals surface area contributed by atoms with Crippen molar-refractivity contribution in [3.05, 3.63) is 43.6 Å². The van der Waals surface area contributed by atoms with Crippen LogP contribution < -0.4 is 0 Å². The predicted octanol–water partition coefficient (Wildman–Crippen LogP) is 6.58. The Morgan fingerprint density at radius 3 is 2.56 bits per heavy atom. The summed E-state index contributed by atoms with van der Waals surface area (Å²) in [5.41, 5.74) is 1.77. The fraction of sp³-hybridized carbons (Fsp3) is 0.389. The molecule has 3 nitrogen and oxygen atoms in total. The molecule has 0 bridgehead atoms. The third-order valence-corrected chi connectivity index (χ3v) is 5.38. The first-order valence-corrected chi connectivity index (χ1v) is 9.41. The van der Waals surface area contributed by atoms with Crippen LogP contribution in [0.2, 0.25) is 10.0 Å². The van der Waals surface area contributed by atoms with E-state index in [1.165, 1.54) is 11.3 Å². The van der Waals surface area contributed by atoms with Gasteiger partial charge in [-0.15, -0.1) is 11.3 Å². The molecule has 1 aromatic carbocycles. The van der Waals surface area contributed by atoms with E-state index < -0.39 is 18.4 Å². The van der Waals surface area contributed by atoms with Gasteiger partial charge in [0, 0.05) is 42.9 Å². The summed E-state index contributed by atoms with van der Waals surface area (Å²) in [5.74, 6) is -1.23. The maximum absolute atomic E-state index is 14.0. The van der Waals surface area contributed by atoms with Gasteiger partial charge in [0.2, 0.25) is 0 Å². The lowest BCUT2D eigenvalue weighted by Crippen LogP contribution is -2.21. The maximum Gasteiger partial charge on any atom is 0.337 e. The zero-order valence-electron chi connectivity index (χ0n) is 14.1. The van der Waals surface area contributed by atoms with Gasteiger partial charge in [-0.2, -0.15) is 0 Å². The van der Waals surface area contributed by atoms with Crippen LogP contribution in [0.3, 0.4) is 0 Å². The Balaban J connectivity index is 2.58. The average Bonchev–Trinajstić information content (AvgIpc) is 2.79. The minimum absolute atomic E-state index is 0.142. The highest BCUT2D eigenvalue weighted by Gasteiger charge is 2.31. The van der Waals surface area contributed by atoms with Crippen LogP contribution in [0.25, 0.3) is 11.1 Å². The number of aryl methyl sites for hydroxylation is 2. The molecule has 0 aliphatic heterocycles. The van der Waals surface area contributed by atoms with Crippen molar-refractivity contribution in [1.82, 2.24) is 0 Å². The number of aliphatic carboxylic acids is 1. The minimum Gasteiger partial charge on any atom is -0.479 e. The van der Waals surface area contributed by atoms with Crippen molar-refractivity contribution in [3.8, 4) is 11.1 Å². The van der Waals surface area contributed by atoms with Gasteiger partial charge < -0.3 is 9.84 Å². The van der Waals surface area contributed by atoms with E-state index in [1.54, 1.807) is 25.1 Å². The molecule has 1 N–H and O–H groups in total. The maximum atomic E-state index is 14.0. The van der Waals surface area contributed by atoms with Crippen molar-refractivity contribution >= 4 is 40.5 Å². The number of carbonyl (C=O) groups is 1. The van der Waals surface area contributed by atoms with Crippen molar-refractivity contribution in [2.75, 3.05) is 0 Å². The largest absolute Gasteiger partial charge is 0.479 e. The van der Waals surface area contributed by atoms with Crippen molar-refractivity contribution < 1.29 is 19.0 Å². The third kappa shape index (κ3) is 4.53. The Labute approximate surface area is 160 Å². The van der Waals surface area contributed by atoms with Crippen LogP contribution >= 0.6 is 34.5 Å². The molecule has 0 amide bonds. The Morgan fingerprint density at radius 1 is 1.32 bits per heavy atom. The van der Waals surface area contributed by atoms with E-state index in [1.807, 2.05) is 13.8 Å². The van der Waals surface area contributed by atoms with E-state index >= 15 is 0 Å². The number of thiophene rings is 1. The van der Waals surface area contributed by atoms with Gasteiger partial charge in [0.05, 0.1) is 0 Å². The highest BCUT2D eigenvalue weighted by atomic mass is 35.5. The molecule has 0 aliphatic rings. The second kappa shape index (κ2) is 8.49. The molecule has 7 heteroatoms. The molecule has 136 valence electrons. The van der Waals surface area contributed by atoms with Gasteiger partial charge in [-0.3, -0.25) is 0 Å². The van der Waals surface area contributed by atoms with Gasteiger partial charge in [0.25, 0.3) is 0 Å². The van der Waals surface area contributed by atoms with Crippen LogP contribution in [-0.4, -0.2) is 17.4 Å². The molecule has 2 rings (SSSR count). The first-order valence-electron chi connectivity index (χ1n) is 7.83. The van der Waals surface area contributed by atoms with Gasteiger partial charge in [-0.25, -0.2) is 9.18 Å². The number of alkyl halides is 1. The number of ether oxygens (including phenoxy) is 1. The number of carboxylic acids is 1. The first kappa shape index (κ1) is 20.2. The summed E-state index contributed by atoms with van der Waals surface area (Å²) in [5, 5.41) is 10.5. The van der Waals surface area contributed by atoms with E-state index in [-0.39, 0.29) is 6.42 Å². The molecule has 0 saturated carbocycles. The SMILES string of the molecule is CCCC(F)OC(C(=O)O)c1c(C)sc(C)c1-c1ccc(Cl)cc1Cl. The molecule has 0 aliphatic carbocycles. The van der Waals surface area contributed by atoms with Crippen LogP contribution in [0, 0.1) is 13.8 Å². The smallest absolute Gasteiger partial charge is 0.337 e. The lowest BCUT2D eigenvalue weighted by Gasteiger charge is -2.19. The quantitative estimate of drug-likeness (QED) is 0.566. The lowest BCUT2D eigenvalue weighted by molar-refractivity contribution is -0.164. The monoisotopic (exact) mass is 404 g/mol. The Bertz CT molecular complexity index is 776. The van der Waals surface area contributed by atoms with Gasteiger partial charge in [0.15, 0.2) is 12.5 Å². The van der Waals surface area contributed by atoms with Gasteiger partial charge in [0.1, 0.15) is 0 Å². The fourth-order valence-corrected chi connectivity index (χ4v) is 4.34. The standard InChI is InChI=1S/C18H19Cl2FO3S/c1-4-5-14(21)24-17(18(22)23)16-10(3)25-9(2)15(16)12-7-6-11(19)8-13(12)20/h6-8,14,17H,4-5H2,1-3H3,(H,22,23). The molecule has 2 unspecified atom stereocenters. The summed E-state index contributed by atoms with van der Waals surface area (Å²) >= 11 is 13.7. The second-order valence-electron chi connectivity index (χ2n) is 5.68. The van der Waals surface area contributed by atoms with Crippen molar-refractivity contribution in [2.24, 2.45) is 0 Å². The molecule has 0 radical (unpaired) electrons. The number of halogens is 3. The normalized spacial score (nSPS) is 13.7. The number of rotatable bonds is 7. The molecule has 0 spiro atoms. The van der Waals surface area contributed by atoms with Gasteiger partial charge >= 0.3 is 5.97 Å². The van der Waals surface area contributed by atoms with Crippen molar-refractivity contribution in [3.63, 3.8) is 0 Å². The molecule has 2 aromatic rings. The van der Waals surface area contributed by atoms with E-state index in [4.69, 9.17) is 27.9 Å². The predicted molar refractivity (Wildman–Crippen MR) is 101 cm³/mol. The highest BCUT2D eigenvalue weighted by molar-refractivity contribution is 7.12. The van der Waals surface area contributed by atoms with Crippen molar-refractivity contribution in [1.29, 1.82) is 0 Å². The summed E-state index contributed by atoms with van der Waals surface area (Å²) in [6.07, 6.45) is -2.33. The van der Waals surface area contributed by atoms with Crippen LogP contribution in [0.15, 0.2) is 18.2 Å². The van der Waals surface area contributed by atoms with Crippen molar-refractivity contribution in [2.45, 2.75) is 46.1 Å². The summed E-state index contributed by atoms with van der Waals surface area (Å²) in [6.45, 7) is 5.48. The van der Waals surface area contributed by atoms with Crippen LogP contribution in [0.1, 0.15) is 41.2 Å². The molecule has 2 atom stereocenters. The topological polar surface area (TPSA) is 46.5 Å². The summed E-state index contributed by atoms with van der Waals surface area (Å²) in [7, 11) is 0.